The van der Waals surface area contributed by atoms with Gasteiger partial charge in [0.2, 0.25) is 0 Å². The molecule has 0 atom stereocenters. The number of para-hydroxylation sites is 6. The topological polar surface area (TPSA) is 16.3 Å². The fraction of sp³-hybridized carbons (Fsp3) is 0.143. The highest BCUT2D eigenvalue weighted by molar-refractivity contribution is 7.00. The molecule has 0 spiro atoms. The highest BCUT2D eigenvalue weighted by atomic mass is 15.2. The molecule has 566 valence electrons. The number of benzene rings is 16. The van der Waals surface area contributed by atoms with Gasteiger partial charge in [-0.1, -0.05) is 368 Å². The maximum atomic E-state index is 2.74. The van der Waals surface area contributed by atoms with Crippen molar-refractivity contribution in [3.05, 3.63) is 380 Å². The molecule has 0 amide bonds. The molecular weight excluding hydrogens is 1410 g/mol. The van der Waals surface area contributed by atoms with Crippen molar-refractivity contribution in [3.8, 4) is 89.3 Å². The minimum Gasteiger partial charge on any atom is -0.310 e. The molecule has 0 saturated heterocycles. The van der Waals surface area contributed by atoms with Crippen molar-refractivity contribution in [2.75, 3.05) is 9.80 Å². The van der Waals surface area contributed by atoms with Gasteiger partial charge in [-0.3, -0.25) is 0 Å². The Kier molecular flexibility index (Phi) is 17.3. The normalized spacial score (nSPS) is 12.9. The molecular formula is C112H95BN4. The molecule has 20 rings (SSSR count). The molecule has 18 aromatic rings. The van der Waals surface area contributed by atoms with E-state index < -0.39 is 0 Å². The Morgan fingerprint density at radius 2 is 0.504 bits per heavy atom. The molecule has 117 heavy (non-hydrogen) atoms. The van der Waals surface area contributed by atoms with Crippen LogP contribution < -0.4 is 26.2 Å². The first-order valence-electron chi connectivity index (χ1n) is 41.6. The van der Waals surface area contributed by atoms with Gasteiger partial charge in [0, 0.05) is 77.9 Å². The van der Waals surface area contributed by atoms with Gasteiger partial charge >= 0.3 is 0 Å². The molecule has 2 aliphatic rings. The third kappa shape index (κ3) is 12.3. The number of fused-ring (bicyclic) bond motifs is 10. The van der Waals surface area contributed by atoms with Gasteiger partial charge in [-0.2, -0.15) is 0 Å². The Hall–Kier alpha value is -13.2. The second-order valence-corrected chi connectivity index (χ2v) is 36.4. The zero-order valence-electron chi connectivity index (χ0n) is 68.9. The first-order valence-corrected chi connectivity index (χ1v) is 41.6. The van der Waals surface area contributed by atoms with Crippen LogP contribution in [0.3, 0.4) is 0 Å². The number of hydrogen-bond donors (Lipinski definition) is 0. The highest BCUT2D eigenvalue weighted by Gasteiger charge is 2.46. The van der Waals surface area contributed by atoms with E-state index in [4.69, 9.17) is 0 Å². The molecule has 4 heterocycles. The van der Waals surface area contributed by atoms with E-state index in [2.05, 4.69) is 460 Å². The summed E-state index contributed by atoms with van der Waals surface area (Å²) in [6, 6.07) is 137. The SMILES string of the molecule is CC(C)(C)c1cccc(-c2cccc(-c3cccc(C(C)(C)C)c3)c2N2c3ccc(-c4cccc5c4c4ccccc4n5-c4ccccc4)cc3B3c4cc(-c5cccc6c5c5ccccc5n6-c5ccccc5)ccc4N(c4c(-c5cccc(C(C)(C)C)c5)cccc4-c4cccc(C(C)(C)C)c4)c4cc(-c5ccccc5)cc2c43)c1. The minimum atomic E-state index is -0.347. The van der Waals surface area contributed by atoms with E-state index in [0.29, 0.717) is 0 Å². The van der Waals surface area contributed by atoms with Crippen LogP contribution in [0.25, 0.3) is 133 Å². The monoisotopic (exact) mass is 1510 g/mol. The van der Waals surface area contributed by atoms with Crippen molar-refractivity contribution >= 4 is 101 Å². The largest absolute Gasteiger partial charge is 0.310 e. The standard InChI is InChI=1S/C112H95BN4/c1-109(2,3)80-40-26-36-73(64-80)88-52-30-53-89(74-37-27-41-81(65-74)110(4,5)6)107(88)116-98-62-60-77(86-50-32-58-100-104(86)92-48-22-24-56-96(92)114(100)84-44-18-14-19-45-84)68-94(98)113-95-69-78(87-51-33-59-101-105(87)93-49-23-25-57-97(93)115(101)85-46-20-15-21-47-85)61-63-99(95)117(103-71-79(70-102(116)106(103)113)72-34-16-13-17-35-72)108-90(75-38-28-42-82(66-75)111(7,8)9)54-31-55-91(108)76-39-29-43-83(67-76)112(10,11)12/h13-71H,1-12H3. The summed E-state index contributed by atoms with van der Waals surface area (Å²) >= 11 is 0. The van der Waals surface area contributed by atoms with Crippen molar-refractivity contribution in [1.82, 2.24) is 9.13 Å². The van der Waals surface area contributed by atoms with Crippen LogP contribution in [0, 0.1) is 0 Å². The van der Waals surface area contributed by atoms with Gasteiger partial charge in [-0.15, -0.1) is 0 Å². The number of aromatic nitrogens is 2. The Balaban J connectivity index is 0.973. The fourth-order valence-corrected chi connectivity index (χ4v) is 19.0. The van der Waals surface area contributed by atoms with Crippen molar-refractivity contribution in [2.45, 2.75) is 105 Å². The van der Waals surface area contributed by atoms with Crippen LogP contribution in [-0.2, 0) is 21.7 Å². The van der Waals surface area contributed by atoms with E-state index in [1.54, 1.807) is 0 Å². The molecule has 0 unspecified atom stereocenters. The van der Waals surface area contributed by atoms with Crippen LogP contribution in [0.5, 0.6) is 0 Å². The van der Waals surface area contributed by atoms with Crippen molar-refractivity contribution < 1.29 is 0 Å². The molecule has 2 aliphatic heterocycles. The maximum Gasteiger partial charge on any atom is 0.252 e. The van der Waals surface area contributed by atoms with Gasteiger partial charge < -0.3 is 18.9 Å². The second kappa shape index (κ2) is 27.8. The van der Waals surface area contributed by atoms with Crippen LogP contribution in [0.4, 0.5) is 34.1 Å². The number of hydrogen-bond acceptors (Lipinski definition) is 2. The molecule has 0 fully saturated rings. The third-order valence-corrected chi connectivity index (χ3v) is 24.9. The number of nitrogens with zero attached hydrogens (tertiary/aromatic N) is 4. The van der Waals surface area contributed by atoms with Crippen LogP contribution in [0.15, 0.2) is 358 Å². The molecule has 0 radical (unpaired) electrons. The smallest absolute Gasteiger partial charge is 0.252 e. The molecule has 5 heteroatoms. The second-order valence-electron chi connectivity index (χ2n) is 36.4. The first kappa shape index (κ1) is 72.7. The van der Waals surface area contributed by atoms with Crippen LogP contribution in [-0.4, -0.2) is 15.8 Å². The molecule has 0 saturated carbocycles. The average Bonchev–Trinajstić information content (AvgIpc) is 1.13. The average molecular weight is 1510 g/mol. The molecule has 0 N–H and O–H groups in total. The predicted octanol–water partition coefficient (Wildman–Crippen LogP) is 28.8. The molecule has 0 bridgehead atoms. The van der Waals surface area contributed by atoms with E-state index in [-0.39, 0.29) is 28.4 Å². The maximum absolute atomic E-state index is 2.74. The van der Waals surface area contributed by atoms with Crippen LogP contribution in [0.1, 0.15) is 105 Å². The summed E-state index contributed by atoms with van der Waals surface area (Å²) in [5.41, 5.74) is 38.0. The number of anilines is 6. The third-order valence-electron chi connectivity index (χ3n) is 24.9. The summed E-state index contributed by atoms with van der Waals surface area (Å²) in [5, 5.41) is 4.86. The van der Waals surface area contributed by atoms with E-state index in [0.717, 1.165) is 123 Å². The van der Waals surface area contributed by atoms with Gasteiger partial charge in [0.25, 0.3) is 6.71 Å². The van der Waals surface area contributed by atoms with Gasteiger partial charge in [0.1, 0.15) is 0 Å². The summed E-state index contributed by atoms with van der Waals surface area (Å²) < 4.78 is 4.91. The van der Waals surface area contributed by atoms with E-state index in [1.165, 1.54) is 82.3 Å². The Bertz CT molecular complexity index is 6440. The van der Waals surface area contributed by atoms with E-state index in [9.17, 15) is 0 Å². The molecule has 4 nitrogen and oxygen atoms in total. The summed E-state index contributed by atoms with van der Waals surface area (Å²) in [6.07, 6.45) is 0. The first-order chi connectivity index (χ1) is 56.6. The van der Waals surface area contributed by atoms with E-state index in [1.807, 2.05) is 0 Å². The van der Waals surface area contributed by atoms with Gasteiger partial charge in [-0.25, -0.2) is 0 Å². The predicted molar refractivity (Wildman–Crippen MR) is 502 cm³/mol. The minimum absolute atomic E-state index is 0.132. The lowest BCUT2D eigenvalue weighted by Crippen LogP contribution is -2.61. The van der Waals surface area contributed by atoms with Gasteiger partial charge in [0.05, 0.1) is 33.4 Å². The summed E-state index contributed by atoms with van der Waals surface area (Å²) in [5.74, 6) is 0. The summed E-state index contributed by atoms with van der Waals surface area (Å²) in [6.45, 7) is 27.7. The van der Waals surface area contributed by atoms with Gasteiger partial charge in [-0.05, 0) is 189 Å². The Labute approximate surface area is 689 Å². The lowest BCUT2D eigenvalue weighted by Gasteiger charge is -2.46. The fourth-order valence-electron chi connectivity index (χ4n) is 19.0. The zero-order chi connectivity index (χ0) is 80.0. The quantitative estimate of drug-likeness (QED) is 0.120. The highest BCUT2D eigenvalue weighted by Crippen LogP contribution is 2.56. The summed E-state index contributed by atoms with van der Waals surface area (Å²) in [4.78, 5) is 5.47. The summed E-state index contributed by atoms with van der Waals surface area (Å²) in [7, 11) is 0. The molecule has 16 aromatic carbocycles. The van der Waals surface area contributed by atoms with Crippen LogP contribution in [0.2, 0.25) is 0 Å². The Morgan fingerprint density at radius 3 is 0.863 bits per heavy atom. The van der Waals surface area contributed by atoms with Crippen molar-refractivity contribution in [2.24, 2.45) is 0 Å². The van der Waals surface area contributed by atoms with E-state index >= 15 is 0 Å². The lowest BCUT2D eigenvalue weighted by molar-refractivity contribution is 0.590. The molecule has 0 aliphatic carbocycles. The van der Waals surface area contributed by atoms with Crippen molar-refractivity contribution in [3.63, 3.8) is 0 Å². The lowest BCUT2D eigenvalue weighted by atomic mass is 9.33. The van der Waals surface area contributed by atoms with Gasteiger partial charge in [0.15, 0.2) is 0 Å². The number of rotatable bonds is 11. The van der Waals surface area contributed by atoms with Crippen molar-refractivity contribution in [1.29, 1.82) is 0 Å². The zero-order valence-corrected chi connectivity index (χ0v) is 68.9. The molecule has 2 aromatic heterocycles. The Morgan fingerprint density at radius 1 is 0.214 bits per heavy atom. The van der Waals surface area contributed by atoms with Crippen LogP contribution >= 0.6 is 0 Å².